The van der Waals surface area contributed by atoms with Gasteiger partial charge in [-0.05, 0) is 31.2 Å². The largest absolute Gasteiger partial charge is 0.497 e. The molecule has 0 unspecified atom stereocenters. The van der Waals surface area contributed by atoms with Gasteiger partial charge in [0.2, 0.25) is 11.7 Å². The molecule has 24 heavy (non-hydrogen) atoms. The van der Waals surface area contributed by atoms with Crippen molar-refractivity contribution in [2.24, 2.45) is 0 Å². The lowest BCUT2D eigenvalue weighted by molar-refractivity contribution is 0.0932. The van der Waals surface area contributed by atoms with Crippen LogP contribution in [-0.2, 0) is 0 Å². The van der Waals surface area contributed by atoms with Crippen molar-refractivity contribution in [1.29, 1.82) is 0 Å². The van der Waals surface area contributed by atoms with E-state index < -0.39 is 6.04 Å². The van der Waals surface area contributed by atoms with Crippen LogP contribution in [-0.4, -0.2) is 23.2 Å². The van der Waals surface area contributed by atoms with Gasteiger partial charge >= 0.3 is 0 Å². The molecule has 1 heterocycles. The number of hydrogen-bond donors (Lipinski definition) is 1. The first kappa shape index (κ1) is 15.7. The Balaban J connectivity index is 1.69. The summed E-state index contributed by atoms with van der Waals surface area (Å²) < 4.78 is 10.3. The molecule has 1 N–H and O–H groups in total. The molecule has 0 bridgehead atoms. The summed E-state index contributed by atoms with van der Waals surface area (Å²) in [6.45, 7) is 1.80. The number of rotatable bonds is 5. The lowest BCUT2D eigenvalue weighted by Crippen LogP contribution is -2.26. The zero-order chi connectivity index (χ0) is 16.9. The quantitative estimate of drug-likeness (QED) is 0.780. The van der Waals surface area contributed by atoms with Crippen LogP contribution in [0.1, 0.15) is 29.2 Å². The molecule has 3 aromatic rings. The van der Waals surface area contributed by atoms with E-state index in [9.17, 15) is 4.79 Å². The van der Waals surface area contributed by atoms with Crippen molar-refractivity contribution >= 4 is 5.91 Å². The van der Waals surface area contributed by atoms with E-state index in [0.717, 1.165) is 5.56 Å². The van der Waals surface area contributed by atoms with Crippen molar-refractivity contribution in [3.05, 3.63) is 66.1 Å². The van der Waals surface area contributed by atoms with Gasteiger partial charge in [-0.2, -0.15) is 4.98 Å². The average Bonchev–Trinajstić information content (AvgIpc) is 3.13. The third kappa shape index (κ3) is 3.43. The van der Waals surface area contributed by atoms with Crippen LogP contribution in [0.5, 0.6) is 5.75 Å². The van der Waals surface area contributed by atoms with E-state index in [-0.39, 0.29) is 5.91 Å². The lowest BCUT2D eigenvalue weighted by atomic mass is 10.2. The van der Waals surface area contributed by atoms with Crippen LogP contribution in [0.25, 0.3) is 11.4 Å². The molecule has 0 saturated heterocycles. The van der Waals surface area contributed by atoms with Gasteiger partial charge in [0, 0.05) is 11.1 Å². The van der Waals surface area contributed by atoms with Gasteiger partial charge in [-0.25, -0.2) is 0 Å². The highest BCUT2D eigenvalue weighted by Gasteiger charge is 2.18. The summed E-state index contributed by atoms with van der Waals surface area (Å²) >= 11 is 0. The van der Waals surface area contributed by atoms with Gasteiger partial charge in [0.05, 0.1) is 7.11 Å². The van der Waals surface area contributed by atoms with Gasteiger partial charge in [-0.15, -0.1) is 0 Å². The molecule has 0 radical (unpaired) electrons. The van der Waals surface area contributed by atoms with Gasteiger partial charge < -0.3 is 14.6 Å². The molecule has 6 heteroatoms. The zero-order valence-electron chi connectivity index (χ0n) is 13.4. The Hall–Kier alpha value is -3.15. The first-order valence-electron chi connectivity index (χ1n) is 7.51. The Morgan fingerprint density at radius 1 is 1.12 bits per heavy atom. The lowest BCUT2D eigenvalue weighted by Gasteiger charge is -2.10. The van der Waals surface area contributed by atoms with Crippen LogP contribution in [0.3, 0.4) is 0 Å². The number of nitrogens with zero attached hydrogens (tertiary/aromatic N) is 2. The van der Waals surface area contributed by atoms with E-state index in [4.69, 9.17) is 9.26 Å². The van der Waals surface area contributed by atoms with E-state index in [1.54, 1.807) is 38.3 Å². The number of hydrogen-bond acceptors (Lipinski definition) is 5. The van der Waals surface area contributed by atoms with Crippen LogP contribution in [0.4, 0.5) is 0 Å². The zero-order valence-corrected chi connectivity index (χ0v) is 13.4. The minimum absolute atomic E-state index is 0.218. The number of aromatic nitrogens is 2. The second-order valence-corrected chi connectivity index (χ2v) is 5.25. The normalized spacial score (nSPS) is 11.8. The minimum Gasteiger partial charge on any atom is -0.497 e. The number of benzene rings is 2. The van der Waals surface area contributed by atoms with Crippen molar-refractivity contribution in [2.45, 2.75) is 13.0 Å². The van der Waals surface area contributed by atoms with Crippen LogP contribution < -0.4 is 10.1 Å². The van der Waals surface area contributed by atoms with Crippen LogP contribution in [0, 0.1) is 0 Å². The van der Waals surface area contributed by atoms with Crippen molar-refractivity contribution in [1.82, 2.24) is 15.5 Å². The molecule has 1 aromatic heterocycles. The summed E-state index contributed by atoms with van der Waals surface area (Å²) in [7, 11) is 1.58. The van der Waals surface area contributed by atoms with Crippen LogP contribution in [0.2, 0.25) is 0 Å². The predicted molar refractivity (Wildman–Crippen MR) is 88.6 cm³/mol. The minimum atomic E-state index is -0.399. The summed E-state index contributed by atoms with van der Waals surface area (Å²) in [5.41, 5.74) is 1.40. The van der Waals surface area contributed by atoms with E-state index in [1.165, 1.54) is 0 Å². The molecular formula is C18H17N3O3. The standard InChI is InChI=1S/C18H17N3O3/c1-12(19-17(22)14-8-10-15(23-2)11-9-14)18-20-16(21-24-18)13-6-4-3-5-7-13/h3-12H,1-2H3,(H,19,22)/t12-/m0/s1. The van der Waals surface area contributed by atoms with Crippen LogP contribution in [0.15, 0.2) is 59.1 Å². The molecule has 2 aromatic carbocycles. The summed E-state index contributed by atoms with van der Waals surface area (Å²) in [5.74, 6) is 1.33. The first-order valence-corrected chi connectivity index (χ1v) is 7.51. The molecule has 1 atom stereocenters. The molecule has 122 valence electrons. The Morgan fingerprint density at radius 3 is 2.50 bits per heavy atom. The maximum atomic E-state index is 12.3. The Kier molecular flexibility index (Phi) is 4.56. The summed E-state index contributed by atoms with van der Waals surface area (Å²) in [5, 5.41) is 6.80. The highest BCUT2D eigenvalue weighted by atomic mass is 16.5. The van der Waals surface area contributed by atoms with Gasteiger partial charge in [0.15, 0.2) is 0 Å². The van der Waals surface area contributed by atoms with E-state index in [1.807, 2.05) is 30.3 Å². The summed E-state index contributed by atoms with van der Waals surface area (Å²) in [6, 6.07) is 16.0. The smallest absolute Gasteiger partial charge is 0.251 e. The van der Waals surface area contributed by atoms with Crippen LogP contribution >= 0.6 is 0 Å². The highest BCUT2D eigenvalue weighted by Crippen LogP contribution is 2.19. The predicted octanol–water partition coefficient (Wildman–Crippen LogP) is 3.24. The maximum absolute atomic E-state index is 12.3. The van der Waals surface area contributed by atoms with E-state index in [0.29, 0.717) is 23.0 Å². The molecule has 6 nitrogen and oxygen atoms in total. The number of amides is 1. The number of ether oxygens (including phenoxy) is 1. The number of carbonyl (C=O) groups excluding carboxylic acids is 1. The average molecular weight is 323 g/mol. The highest BCUT2D eigenvalue weighted by molar-refractivity contribution is 5.94. The Morgan fingerprint density at radius 2 is 1.83 bits per heavy atom. The molecule has 0 aliphatic carbocycles. The van der Waals surface area contributed by atoms with Crippen molar-refractivity contribution in [3.8, 4) is 17.1 Å². The van der Waals surface area contributed by atoms with Gasteiger partial charge in [-0.3, -0.25) is 4.79 Å². The monoisotopic (exact) mass is 323 g/mol. The van der Waals surface area contributed by atoms with Gasteiger partial charge in [0.1, 0.15) is 11.8 Å². The number of nitrogens with one attached hydrogen (secondary N) is 1. The second-order valence-electron chi connectivity index (χ2n) is 5.25. The fourth-order valence-electron chi connectivity index (χ4n) is 2.20. The van der Waals surface area contributed by atoms with Gasteiger partial charge in [-0.1, -0.05) is 35.5 Å². The molecule has 0 fully saturated rings. The molecular weight excluding hydrogens is 306 g/mol. The molecule has 0 aliphatic heterocycles. The second kappa shape index (κ2) is 6.95. The number of carbonyl (C=O) groups is 1. The molecule has 1 amide bonds. The Bertz CT molecular complexity index is 813. The third-order valence-corrected chi connectivity index (χ3v) is 3.54. The fraction of sp³-hybridized carbons (Fsp3) is 0.167. The first-order chi connectivity index (χ1) is 11.7. The molecule has 0 saturated carbocycles. The SMILES string of the molecule is COc1ccc(C(=O)N[C@@H](C)c2nc(-c3ccccc3)no2)cc1. The fourth-order valence-corrected chi connectivity index (χ4v) is 2.20. The van der Waals surface area contributed by atoms with Crippen molar-refractivity contribution < 1.29 is 14.1 Å². The topological polar surface area (TPSA) is 77.2 Å². The Labute approximate surface area is 139 Å². The number of methoxy groups -OCH3 is 1. The summed E-state index contributed by atoms with van der Waals surface area (Å²) in [6.07, 6.45) is 0. The molecule has 3 rings (SSSR count). The van der Waals surface area contributed by atoms with E-state index in [2.05, 4.69) is 15.5 Å². The molecule has 0 aliphatic rings. The maximum Gasteiger partial charge on any atom is 0.251 e. The van der Waals surface area contributed by atoms with Gasteiger partial charge in [0.25, 0.3) is 5.91 Å². The van der Waals surface area contributed by atoms with Crippen molar-refractivity contribution in [2.75, 3.05) is 7.11 Å². The van der Waals surface area contributed by atoms with E-state index >= 15 is 0 Å². The molecule has 0 spiro atoms. The third-order valence-electron chi connectivity index (χ3n) is 3.54. The summed E-state index contributed by atoms with van der Waals surface area (Å²) in [4.78, 5) is 16.6. The van der Waals surface area contributed by atoms with Crippen molar-refractivity contribution in [3.63, 3.8) is 0 Å².